The van der Waals surface area contributed by atoms with E-state index in [1.807, 2.05) is 5.38 Å². The molecule has 1 aliphatic heterocycles. The minimum Gasteiger partial charge on any atom is -0.307 e. The van der Waals surface area contributed by atoms with E-state index in [4.69, 9.17) is 12.2 Å². The molecule has 0 spiro atoms. The Morgan fingerprint density at radius 2 is 2.18 bits per heavy atom. The SMILES string of the molecule is O=C1NC(=S)S/C1=C\c1csc(NC(=O)C2CCCCC2)n1. The summed E-state index contributed by atoms with van der Waals surface area (Å²) in [6.45, 7) is 0. The third-order valence-corrected chi connectivity index (χ3v) is 5.59. The van der Waals surface area contributed by atoms with E-state index in [0.717, 1.165) is 25.7 Å². The molecule has 3 rings (SSSR count). The van der Waals surface area contributed by atoms with Gasteiger partial charge in [-0.15, -0.1) is 11.3 Å². The van der Waals surface area contributed by atoms with Gasteiger partial charge in [0.05, 0.1) is 10.6 Å². The van der Waals surface area contributed by atoms with Crippen LogP contribution in [0.3, 0.4) is 0 Å². The van der Waals surface area contributed by atoms with Gasteiger partial charge in [-0.2, -0.15) is 0 Å². The van der Waals surface area contributed by atoms with E-state index in [2.05, 4.69) is 15.6 Å². The summed E-state index contributed by atoms with van der Waals surface area (Å²) in [5.74, 6) is -0.0359. The van der Waals surface area contributed by atoms with Crippen LogP contribution in [0.5, 0.6) is 0 Å². The molecule has 5 nitrogen and oxygen atoms in total. The highest BCUT2D eigenvalue weighted by molar-refractivity contribution is 8.26. The zero-order chi connectivity index (χ0) is 15.5. The number of thiazole rings is 1. The van der Waals surface area contributed by atoms with E-state index in [-0.39, 0.29) is 17.7 Å². The lowest BCUT2D eigenvalue weighted by Crippen LogP contribution is -2.24. The number of hydrogen-bond acceptors (Lipinski definition) is 6. The Bertz CT molecular complexity index is 648. The summed E-state index contributed by atoms with van der Waals surface area (Å²) < 4.78 is 0.456. The molecule has 22 heavy (non-hydrogen) atoms. The molecule has 116 valence electrons. The molecule has 1 aromatic heterocycles. The second kappa shape index (κ2) is 6.89. The van der Waals surface area contributed by atoms with Crippen LogP contribution in [0.2, 0.25) is 0 Å². The molecule has 2 amide bonds. The minimum atomic E-state index is -0.198. The van der Waals surface area contributed by atoms with Crippen molar-refractivity contribution in [2.24, 2.45) is 5.92 Å². The van der Waals surface area contributed by atoms with Gasteiger partial charge in [-0.1, -0.05) is 43.2 Å². The van der Waals surface area contributed by atoms with Crippen LogP contribution in [0.25, 0.3) is 6.08 Å². The number of amides is 2. The summed E-state index contributed by atoms with van der Waals surface area (Å²) >= 11 is 7.53. The summed E-state index contributed by atoms with van der Waals surface area (Å²) in [7, 11) is 0. The smallest absolute Gasteiger partial charge is 0.263 e. The third kappa shape index (κ3) is 3.74. The van der Waals surface area contributed by atoms with Crippen LogP contribution in [-0.2, 0) is 9.59 Å². The molecule has 0 atom stereocenters. The average Bonchev–Trinajstić information content (AvgIpc) is 3.07. The predicted molar refractivity (Wildman–Crippen MR) is 93.6 cm³/mol. The second-order valence-corrected chi connectivity index (χ2v) is 7.83. The first-order valence-corrected chi connectivity index (χ1v) is 9.23. The first kappa shape index (κ1) is 15.6. The second-order valence-electron chi connectivity index (χ2n) is 5.25. The Morgan fingerprint density at radius 1 is 1.41 bits per heavy atom. The van der Waals surface area contributed by atoms with Crippen molar-refractivity contribution < 1.29 is 9.59 Å². The highest BCUT2D eigenvalue weighted by Crippen LogP contribution is 2.28. The van der Waals surface area contributed by atoms with Gasteiger partial charge in [-0.25, -0.2) is 4.98 Å². The van der Waals surface area contributed by atoms with Gasteiger partial charge >= 0.3 is 0 Å². The number of aromatic nitrogens is 1. The number of nitrogens with zero attached hydrogens (tertiary/aromatic N) is 1. The maximum absolute atomic E-state index is 12.2. The Balaban J connectivity index is 1.64. The molecule has 2 aliphatic rings. The molecule has 1 saturated heterocycles. The van der Waals surface area contributed by atoms with Crippen molar-refractivity contribution in [2.75, 3.05) is 5.32 Å². The van der Waals surface area contributed by atoms with E-state index in [1.165, 1.54) is 29.5 Å². The van der Waals surface area contributed by atoms with Gasteiger partial charge in [0.2, 0.25) is 5.91 Å². The average molecular weight is 353 g/mol. The van der Waals surface area contributed by atoms with Crippen molar-refractivity contribution in [3.05, 3.63) is 16.0 Å². The topological polar surface area (TPSA) is 71.1 Å². The predicted octanol–water partition coefficient (Wildman–Crippen LogP) is 3.15. The Morgan fingerprint density at radius 3 is 2.86 bits per heavy atom. The molecule has 2 fully saturated rings. The highest BCUT2D eigenvalue weighted by atomic mass is 32.2. The normalized spacial score (nSPS) is 21.2. The molecule has 0 radical (unpaired) electrons. The quantitative estimate of drug-likeness (QED) is 0.645. The van der Waals surface area contributed by atoms with E-state index >= 15 is 0 Å². The lowest BCUT2D eigenvalue weighted by atomic mass is 9.89. The van der Waals surface area contributed by atoms with Crippen LogP contribution >= 0.6 is 35.3 Å². The highest BCUT2D eigenvalue weighted by Gasteiger charge is 2.23. The number of hydrogen-bond donors (Lipinski definition) is 2. The fourth-order valence-electron chi connectivity index (χ4n) is 2.54. The fraction of sp³-hybridized carbons (Fsp3) is 0.429. The number of carbonyl (C=O) groups is 2. The number of nitrogens with one attached hydrogen (secondary N) is 2. The van der Waals surface area contributed by atoms with Crippen molar-refractivity contribution in [1.29, 1.82) is 0 Å². The van der Waals surface area contributed by atoms with Gasteiger partial charge in [0.25, 0.3) is 5.91 Å². The number of thiocarbonyl (C=S) groups is 1. The van der Waals surface area contributed by atoms with E-state index in [9.17, 15) is 9.59 Å². The molecule has 1 aliphatic carbocycles. The van der Waals surface area contributed by atoms with Gasteiger partial charge in [-0.05, 0) is 18.9 Å². The third-order valence-electron chi connectivity index (χ3n) is 3.65. The summed E-state index contributed by atoms with van der Waals surface area (Å²) in [5.41, 5.74) is 0.659. The summed E-state index contributed by atoms with van der Waals surface area (Å²) in [5, 5.41) is 7.84. The van der Waals surface area contributed by atoms with E-state index in [1.54, 1.807) is 6.08 Å². The number of thioether (sulfide) groups is 1. The molecule has 2 heterocycles. The molecule has 0 aromatic carbocycles. The minimum absolute atomic E-state index is 0.0578. The van der Waals surface area contributed by atoms with Gasteiger partial charge in [0.15, 0.2) is 5.13 Å². The Labute approximate surface area is 142 Å². The lowest BCUT2D eigenvalue weighted by Gasteiger charge is -2.19. The molecular weight excluding hydrogens is 338 g/mol. The summed E-state index contributed by atoms with van der Waals surface area (Å²) in [6, 6.07) is 0. The van der Waals surface area contributed by atoms with Crippen LogP contribution in [0.15, 0.2) is 10.3 Å². The monoisotopic (exact) mass is 353 g/mol. The van der Waals surface area contributed by atoms with E-state index < -0.39 is 0 Å². The maximum atomic E-state index is 12.2. The molecule has 0 bridgehead atoms. The summed E-state index contributed by atoms with van der Waals surface area (Å²) in [4.78, 5) is 28.6. The molecular formula is C14H15N3O2S3. The van der Waals surface area contributed by atoms with Crippen molar-refractivity contribution in [3.8, 4) is 0 Å². The molecule has 1 aromatic rings. The number of carbonyl (C=O) groups excluding carboxylic acids is 2. The van der Waals surface area contributed by atoms with Crippen molar-refractivity contribution >= 4 is 62.7 Å². The summed E-state index contributed by atoms with van der Waals surface area (Å²) in [6.07, 6.45) is 7.08. The van der Waals surface area contributed by atoms with Crippen LogP contribution < -0.4 is 10.6 Å². The zero-order valence-electron chi connectivity index (χ0n) is 11.8. The molecule has 0 unspecified atom stereocenters. The largest absolute Gasteiger partial charge is 0.307 e. The van der Waals surface area contributed by atoms with Gasteiger partial charge < -0.3 is 10.6 Å². The first-order valence-electron chi connectivity index (χ1n) is 7.13. The molecule has 2 N–H and O–H groups in total. The first-order chi connectivity index (χ1) is 10.6. The van der Waals surface area contributed by atoms with Crippen LogP contribution in [-0.4, -0.2) is 21.1 Å². The van der Waals surface area contributed by atoms with Crippen LogP contribution in [0.4, 0.5) is 5.13 Å². The van der Waals surface area contributed by atoms with Crippen LogP contribution in [0, 0.1) is 5.92 Å². The molecule has 8 heteroatoms. The van der Waals surface area contributed by atoms with Gasteiger partial charge in [0.1, 0.15) is 4.32 Å². The zero-order valence-corrected chi connectivity index (χ0v) is 14.2. The van der Waals surface area contributed by atoms with Gasteiger partial charge in [-0.3, -0.25) is 9.59 Å². The van der Waals surface area contributed by atoms with Crippen molar-refractivity contribution in [2.45, 2.75) is 32.1 Å². The lowest BCUT2D eigenvalue weighted by molar-refractivity contribution is -0.120. The van der Waals surface area contributed by atoms with Gasteiger partial charge in [0, 0.05) is 11.3 Å². The fourth-order valence-corrected chi connectivity index (χ4v) is 4.24. The van der Waals surface area contributed by atoms with Crippen LogP contribution in [0.1, 0.15) is 37.8 Å². The molecule has 1 saturated carbocycles. The maximum Gasteiger partial charge on any atom is 0.263 e. The van der Waals surface area contributed by atoms with Crippen molar-refractivity contribution in [1.82, 2.24) is 10.3 Å². The Kier molecular flexibility index (Phi) is 4.90. The number of anilines is 1. The van der Waals surface area contributed by atoms with E-state index in [0.29, 0.717) is 20.1 Å². The Hall–Kier alpha value is -1.25. The van der Waals surface area contributed by atoms with Crippen molar-refractivity contribution in [3.63, 3.8) is 0 Å². The standard InChI is InChI=1S/C14H15N3O2S3/c18-11(8-4-2-1-3-5-8)16-13-15-9(7-21-13)6-10-12(19)17-14(20)22-10/h6-8H,1-5H2,(H,15,16,18)(H,17,19,20)/b10-6-. The number of rotatable bonds is 3.